The van der Waals surface area contributed by atoms with E-state index in [1.54, 1.807) is 0 Å². The molecule has 222 valence electrons. The molecule has 0 fully saturated rings. The number of phenols is 1. The molecule has 0 radical (unpaired) electrons. The Hall–Kier alpha value is -4.24. The number of benzene rings is 1. The van der Waals surface area contributed by atoms with Crippen LogP contribution in [0.2, 0.25) is 0 Å². The van der Waals surface area contributed by atoms with Crippen LogP contribution in [0.15, 0.2) is 24.3 Å². The maximum Gasteiger partial charge on any atom is 0.326 e. The van der Waals surface area contributed by atoms with Gasteiger partial charge in [-0.2, -0.15) is 0 Å². The molecule has 15 nitrogen and oxygen atoms in total. The first kappa shape index (κ1) is 33.8. The number of nitrogens with two attached hydrogens (primary N) is 3. The van der Waals surface area contributed by atoms with Crippen LogP contribution in [0.25, 0.3) is 0 Å². The van der Waals surface area contributed by atoms with Gasteiger partial charge in [-0.3, -0.25) is 24.0 Å². The number of aromatic hydroxyl groups is 1. The first-order valence-electron chi connectivity index (χ1n) is 12.7. The van der Waals surface area contributed by atoms with Crippen LogP contribution in [0.4, 0.5) is 0 Å². The van der Waals surface area contributed by atoms with Gasteiger partial charge in [0.05, 0.1) is 6.04 Å². The minimum absolute atomic E-state index is 0.0227. The molecule has 15 heteroatoms. The fourth-order valence-electron chi connectivity index (χ4n) is 3.62. The summed E-state index contributed by atoms with van der Waals surface area (Å²) in [5, 5.41) is 35.2. The van der Waals surface area contributed by atoms with E-state index in [1.165, 1.54) is 24.3 Å². The van der Waals surface area contributed by atoms with E-state index < -0.39 is 72.6 Å². The van der Waals surface area contributed by atoms with Crippen molar-refractivity contribution in [1.82, 2.24) is 16.0 Å². The van der Waals surface area contributed by atoms with Crippen LogP contribution < -0.4 is 33.2 Å². The third kappa shape index (κ3) is 13.0. The number of rotatable bonds is 19. The number of carboxylic acids is 2. The summed E-state index contributed by atoms with van der Waals surface area (Å²) >= 11 is 0. The van der Waals surface area contributed by atoms with Crippen LogP contribution in [0.5, 0.6) is 5.75 Å². The molecule has 0 aliphatic rings. The van der Waals surface area contributed by atoms with Gasteiger partial charge in [0.1, 0.15) is 23.9 Å². The SMILES string of the molecule is NCCCCC(N)C(=O)NC(Cc1ccc(O)cc1)C(=O)NC(CCC(=O)O)C(=O)NC(CCC(N)=O)C(=O)O. The van der Waals surface area contributed by atoms with Gasteiger partial charge in [0.15, 0.2) is 0 Å². The Kier molecular flexibility index (Phi) is 14.7. The number of nitrogens with one attached hydrogen (secondary N) is 3. The van der Waals surface area contributed by atoms with Crippen LogP contribution >= 0.6 is 0 Å². The monoisotopic (exact) mass is 566 g/mol. The minimum atomic E-state index is -1.52. The van der Waals surface area contributed by atoms with Gasteiger partial charge in [0.25, 0.3) is 0 Å². The van der Waals surface area contributed by atoms with E-state index in [0.29, 0.717) is 31.4 Å². The third-order valence-electron chi connectivity index (χ3n) is 5.89. The largest absolute Gasteiger partial charge is 0.508 e. The average Bonchev–Trinajstić information content (AvgIpc) is 2.88. The predicted octanol–water partition coefficient (Wildman–Crippen LogP) is -1.94. The molecule has 1 aromatic rings. The van der Waals surface area contributed by atoms with Crippen molar-refractivity contribution in [2.45, 2.75) is 75.5 Å². The summed E-state index contributed by atoms with van der Waals surface area (Å²) in [4.78, 5) is 72.7. The summed E-state index contributed by atoms with van der Waals surface area (Å²) in [6.45, 7) is 0.422. The van der Waals surface area contributed by atoms with Crippen molar-refractivity contribution in [3.63, 3.8) is 0 Å². The zero-order valence-electron chi connectivity index (χ0n) is 22.0. The number of phenolic OH excluding ortho intramolecular Hbond substituents is 1. The van der Waals surface area contributed by atoms with Gasteiger partial charge in [-0.05, 0) is 49.9 Å². The number of aliphatic carboxylic acids is 2. The van der Waals surface area contributed by atoms with E-state index in [0.717, 1.165) is 0 Å². The fourth-order valence-corrected chi connectivity index (χ4v) is 3.62. The highest BCUT2D eigenvalue weighted by Crippen LogP contribution is 2.12. The van der Waals surface area contributed by atoms with Crippen molar-refractivity contribution < 1.29 is 44.1 Å². The number of carbonyl (C=O) groups excluding carboxylic acids is 4. The van der Waals surface area contributed by atoms with Crippen molar-refractivity contribution in [3.8, 4) is 5.75 Å². The molecule has 0 aliphatic carbocycles. The molecule has 40 heavy (non-hydrogen) atoms. The van der Waals surface area contributed by atoms with E-state index in [1.807, 2.05) is 0 Å². The van der Waals surface area contributed by atoms with Crippen LogP contribution in [-0.4, -0.2) is 81.6 Å². The van der Waals surface area contributed by atoms with Crippen molar-refractivity contribution in [3.05, 3.63) is 29.8 Å². The first-order valence-corrected chi connectivity index (χ1v) is 12.7. The van der Waals surface area contributed by atoms with Crippen molar-refractivity contribution in [2.24, 2.45) is 17.2 Å². The second-order valence-electron chi connectivity index (χ2n) is 9.22. The molecular formula is C25H38N6O9. The van der Waals surface area contributed by atoms with Gasteiger partial charge in [-0.15, -0.1) is 0 Å². The summed E-state index contributed by atoms with van der Waals surface area (Å²) in [6.07, 6.45) is -0.133. The van der Waals surface area contributed by atoms with Crippen molar-refractivity contribution >= 4 is 35.6 Å². The summed E-state index contributed by atoms with van der Waals surface area (Å²) in [5.74, 6) is -6.03. The Morgan fingerprint density at radius 2 is 1.30 bits per heavy atom. The standard InChI is InChI=1S/C25H38N6O9/c26-12-2-1-3-16(27)22(36)31-19(13-14-4-6-15(32)7-5-14)24(38)29-17(9-11-21(34)35)23(37)30-18(25(39)40)8-10-20(28)33/h4-7,16-19,32H,1-3,8-13,26-27H2,(H2,28,33)(H,29,38)(H,30,37)(H,31,36)(H,34,35)(H,39,40). The molecule has 0 saturated heterocycles. The van der Waals surface area contributed by atoms with Gasteiger partial charge in [-0.1, -0.05) is 18.6 Å². The van der Waals surface area contributed by atoms with Crippen molar-refractivity contribution in [2.75, 3.05) is 6.54 Å². The number of hydrogen-bond donors (Lipinski definition) is 9. The Bertz CT molecular complexity index is 1030. The Morgan fingerprint density at radius 1 is 0.750 bits per heavy atom. The molecule has 0 aliphatic heterocycles. The molecule has 0 heterocycles. The fraction of sp³-hybridized carbons (Fsp3) is 0.520. The Balaban J connectivity index is 3.13. The molecule has 1 aromatic carbocycles. The van der Waals surface area contributed by atoms with Gasteiger partial charge >= 0.3 is 11.9 Å². The quantitative estimate of drug-likeness (QED) is 0.0830. The predicted molar refractivity (Wildman–Crippen MR) is 141 cm³/mol. The summed E-state index contributed by atoms with van der Waals surface area (Å²) in [7, 11) is 0. The topological polar surface area (TPSA) is 277 Å². The smallest absolute Gasteiger partial charge is 0.326 e. The zero-order chi connectivity index (χ0) is 30.2. The van der Waals surface area contributed by atoms with E-state index in [-0.39, 0.29) is 25.0 Å². The van der Waals surface area contributed by atoms with Crippen LogP contribution in [0.1, 0.15) is 50.5 Å². The lowest BCUT2D eigenvalue weighted by atomic mass is 10.0. The lowest BCUT2D eigenvalue weighted by molar-refractivity contribution is -0.143. The second kappa shape index (κ2) is 17.4. The molecule has 4 unspecified atom stereocenters. The van der Waals surface area contributed by atoms with E-state index in [4.69, 9.17) is 22.3 Å². The number of primary amides is 1. The molecule has 0 aromatic heterocycles. The van der Waals surface area contributed by atoms with E-state index in [2.05, 4.69) is 16.0 Å². The maximum atomic E-state index is 13.3. The van der Waals surface area contributed by atoms with Gasteiger partial charge in [0, 0.05) is 19.3 Å². The van der Waals surface area contributed by atoms with Crippen LogP contribution in [0.3, 0.4) is 0 Å². The molecule has 4 amide bonds. The maximum absolute atomic E-state index is 13.3. The normalized spacial score (nSPS) is 13.8. The summed E-state index contributed by atoms with van der Waals surface area (Å²) in [5.41, 5.74) is 17.0. The highest BCUT2D eigenvalue weighted by Gasteiger charge is 2.31. The van der Waals surface area contributed by atoms with Crippen LogP contribution in [0, 0.1) is 0 Å². The van der Waals surface area contributed by atoms with Gasteiger partial charge in [0.2, 0.25) is 23.6 Å². The first-order chi connectivity index (χ1) is 18.8. The number of hydrogen-bond acceptors (Lipinski definition) is 9. The van der Waals surface area contributed by atoms with Crippen LogP contribution in [-0.2, 0) is 35.2 Å². The molecule has 1 rings (SSSR count). The van der Waals surface area contributed by atoms with Crippen molar-refractivity contribution in [1.29, 1.82) is 0 Å². The van der Waals surface area contributed by atoms with E-state index >= 15 is 0 Å². The Morgan fingerprint density at radius 3 is 1.85 bits per heavy atom. The van der Waals surface area contributed by atoms with Gasteiger partial charge < -0.3 is 48.5 Å². The third-order valence-corrected chi connectivity index (χ3v) is 5.89. The number of carbonyl (C=O) groups is 6. The highest BCUT2D eigenvalue weighted by molar-refractivity contribution is 5.94. The molecular weight excluding hydrogens is 528 g/mol. The second-order valence-corrected chi connectivity index (χ2v) is 9.22. The summed E-state index contributed by atoms with van der Waals surface area (Å²) in [6, 6.07) is 0.580. The average molecular weight is 567 g/mol. The molecule has 4 atom stereocenters. The number of carboxylic acid groups (broad SMARTS) is 2. The molecule has 0 bridgehead atoms. The molecule has 0 saturated carbocycles. The Labute approximate surface area is 230 Å². The molecule has 12 N–H and O–H groups in total. The van der Waals surface area contributed by atoms with Gasteiger partial charge in [-0.25, -0.2) is 4.79 Å². The minimum Gasteiger partial charge on any atom is -0.508 e. The highest BCUT2D eigenvalue weighted by atomic mass is 16.4. The molecule has 0 spiro atoms. The summed E-state index contributed by atoms with van der Waals surface area (Å²) < 4.78 is 0. The number of unbranched alkanes of at least 4 members (excludes halogenated alkanes) is 1. The number of amides is 4. The van der Waals surface area contributed by atoms with E-state index in [9.17, 15) is 39.0 Å². The lowest BCUT2D eigenvalue weighted by Gasteiger charge is -2.25. The zero-order valence-corrected chi connectivity index (χ0v) is 22.0. The lowest BCUT2D eigenvalue weighted by Crippen LogP contribution is -2.57.